The molecule has 3 aromatic rings. The zero-order chi connectivity index (χ0) is 19.2. The Labute approximate surface area is 163 Å². The van der Waals surface area contributed by atoms with Gasteiger partial charge in [-0.3, -0.25) is 9.36 Å². The van der Waals surface area contributed by atoms with Crippen LogP contribution in [0.15, 0.2) is 66.1 Å². The molecule has 2 aromatic carbocycles. The number of carbonyl (C=O) groups excluding carboxylic acids is 1. The van der Waals surface area contributed by atoms with E-state index in [4.69, 9.17) is 4.74 Å². The van der Waals surface area contributed by atoms with Gasteiger partial charge in [0.25, 0.3) is 5.91 Å². The fourth-order valence-electron chi connectivity index (χ4n) is 2.64. The number of aromatic nitrogens is 2. The Bertz CT molecular complexity index is 921. The first-order valence-electron chi connectivity index (χ1n) is 8.76. The van der Waals surface area contributed by atoms with E-state index in [0.717, 1.165) is 22.1 Å². The summed E-state index contributed by atoms with van der Waals surface area (Å²) in [5.41, 5.74) is 3.28. The molecule has 0 radical (unpaired) electrons. The second kappa shape index (κ2) is 8.88. The highest BCUT2D eigenvalue weighted by molar-refractivity contribution is 7.98. The van der Waals surface area contributed by atoms with Crippen molar-refractivity contribution >= 4 is 23.4 Å². The first kappa shape index (κ1) is 19.2. The second-order valence-electron chi connectivity index (χ2n) is 6.35. The lowest BCUT2D eigenvalue weighted by Crippen LogP contribution is -2.12. The van der Waals surface area contributed by atoms with Crippen molar-refractivity contribution < 1.29 is 9.53 Å². The summed E-state index contributed by atoms with van der Waals surface area (Å²) in [5, 5.41) is 3.84. The minimum absolute atomic E-state index is 0.149. The highest BCUT2D eigenvalue weighted by Crippen LogP contribution is 2.20. The van der Waals surface area contributed by atoms with Crippen LogP contribution in [0.25, 0.3) is 5.69 Å². The van der Waals surface area contributed by atoms with Gasteiger partial charge in [-0.2, -0.15) is 0 Å². The second-order valence-corrected chi connectivity index (χ2v) is 7.12. The number of anilines is 1. The van der Waals surface area contributed by atoms with Crippen molar-refractivity contribution in [2.75, 3.05) is 11.6 Å². The predicted octanol–water partition coefficient (Wildman–Crippen LogP) is 4.77. The largest absolute Gasteiger partial charge is 0.374 e. The van der Waals surface area contributed by atoms with E-state index in [9.17, 15) is 4.79 Å². The number of benzene rings is 2. The predicted molar refractivity (Wildman–Crippen MR) is 110 cm³/mol. The molecule has 5 nitrogen and oxygen atoms in total. The molecule has 6 heteroatoms. The van der Waals surface area contributed by atoms with E-state index in [0.29, 0.717) is 12.2 Å². The third-order valence-electron chi connectivity index (χ3n) is 3.94. The van der Waals surface area contributed by atoms with Crippen molar-refractivity contribution in [1.82, 2.24) is 9.55 Å². The SMILES string of the molecule is CSc1nccn1-c1cccc(C(=O)Nc2cccc(COC(C)C)c2)c1. The zero-order valence-electron chi connectivity index (χ0n) is 15.7. The maximum atomic E-state index is 12.7. The first-order chi connectivity index (χ1) is 13.1. The van der Waals surface area contributed by atoms with Crippen LogP contribution < -0.4 is 5.32 Å². The van der Waals surface area contributed by atoms with Crippen LogP contribution >= 0.6 is 11.8 Å². The molecular weight excluding hydrogens is 358 g/mol. The van der Waals surface area contributed by atoms with E-state index in [1.165, 1.54) is 0 Å². The monoisotopic (exact) mass is 381 g/mol. The third-order valence-corrected chi connectivity index (χ3v) is 4.61. The summed E-state index contributed by atoms with van der Waals surface area (Å²) in [6, 6.07) is 15.2. The third kappa shape index (κ3) is 4.99. The fraction of sp³-hybridized carbons (Fsp3) is 0.238. The molecule has 140 valence electrons. The molecule has 1 amide bonds. The standard InChI is InChI=1S/C21H23N3O2S/c1-15(2)26-14-16-6-4-8-18(12-16)23-20(25)17-7-5-9-19(13-17)24-11-10-22-21(24)27-3/h4-13,15H,14H2,1-3H3,(H,23,25). The van der Waals surface area contributed by atoms with Gasteiger partial charge in [0.2, 0.25) is 0 Å². The summed E-state index contributed by atoms with van der Waals surface area (Å²) in [4.78, 5) is 17.0. The van der Waals surface area contributed by atoms with Crippen molar-refractivity contribution in [3.63, 3.8) is 0 Å². The first-order valence-corrected chi connectivity index (χ1v) is 9.99. The maximum Gasteiger partial charge on any atom is 0.255 e. The number of rotatable bonds is 7. The average Bonchev–Trinajstić information content (AvgIpc) is 3.15. The molecule has 3 rings (SSSR count). The molecule has 1 heterocycles. The number of nitrogens with zero attached hydrogens (tertiary/aromatic N) is 2. The minimum Gasteiger partial charge on any atom is -0.374 e. The van der Waals surface area contributed by atoms with Crippen molar-refractivity contribution in [2.45, 2.75) is 31.7 Å². The fourth-order valence-corrected chi connectivity index (χ4v) is 3.17. The lowest BCUT2D eigenvalue weighted by Gasteiger charge is -2.11. The molecule has 0 bridgehead atoms. The van der Waals surface area contributed by atoms with Gasteiger partial charge in [0, 0.05) is 29.3 Å². The Morgan fingerprint density at radius 3 is 2.81 bits per heavy atom. The summed E-state index contributed by atoms with van der Waals surface area (Å²) >= 11 is 1.56. The number of hydrogen-bond acceptors (Lipinski definition) is 4. The van der Waals surface area contributed by atoms with Crippen molar-refractivity contribution in [1.29, 1.82) is 0 Å². The number of hydrogen-bond donors (Lipinski definition) is 1. The van der Waals surface area contributed by atoms with E-state index >= 15 is 0 Å². The quantitative estimate of drug-likeness (QED) is 0.599. The van der Waals surface area contributed by atoms with Gasteiger partial charge in [0.1, 0.15) is 0 Å². The van der Waals surface area contributed by atoms with Crippen molar-refractivity contribution in [2.24, 2.45) is 0 Å². The number of amides is 1. The summed E-state index contributed by atoms with van der Waals surface area (Å²) < 4.78 is 7.59. The van der Waals surface area contributed by atoms with Crippen LogP contribution in [0.5, 0.6) is 0 Å². The van der Waals surface area contributed by atoms with Crippen LogP contribution in [0.4, 0.5) is 5.69 Å². The van der Waals surface area contributed by atoms with Gasteiger partial charge >= 0.3 is 0 Å². The van der Waals surface area contributed by atoms with Crippen LogP contribution in [-0.2, 0) is 11.3 Å². The van der Waals surface area contributed by atoms with E-state index < -0.39 is 0 Å². The van der Waals surface area contributed by atoms with Crippen molar-refractivity contribution in [3.05, 3.63) is 72.1 Å². The molecule has 0 aliphatic carbocycles. The number of ether oxygens (including phenoxy) is 1. The maximum absolute atomic E-state index is 12.7. The summed E-state index contributed by atoms with van der Waals surface area (Å²) in [5.74, 6) is -0.149. The van der Waals surface area contributed by atoms with Crippen LogP contribution in [0, 0.1) is 0 Å². The van der Waals surface area contributed by atoms with Gasteiger partial charge in [-0.15, -0.1) is 0 Å². The Morgan fingerprint density at radius 1 is 1.22 bits per heavy atom. The molecule has 0 atom stereocenters. The van der Waals surface area contributed by atoms with Crippen LogP contribution in [0.3, 0.4) is 0 Å². The molecule has 1 N–H and O–H groups in total. The number of carbonyl (C=O) groups is 1. The lowest BCUT2D eigenvalue weighted by atomic mass is 10.1. The average molecular weight is 382 g/mol. The Morgan fingerprint density at radius 2 is 2.04 bits per heavy atom. The summed E-state index contributed by atoms with van der Waals surface area (Å²) in [7, 11) is 0. The van der Waals surface area contributed by atoms with Crippen molar-refractivity contribution in [3.8, 4) is 5.69 Å². The number of imidazole rings is 1. The molecule has 0 fully saturated rings. The number of thioether (sulfide) groups is 1. The normalized spacial score (nSPS) is 11.0. The number of nitrogens with one attached hydrogen (secondary N) is 1. The molecule has 0 aliphatic rings. The Balaban J connectivity index is 1.75. The molecule has 1 aromatic heterocycles. The smallest absolute Gasteiger partial charge is 0.255 e. The van der Waals surface area contributed by atoms with E-state index in [1.54, 1.807) is 24.0 Å². The minimum atomic E-state index is -0.149. The topological polar surface area (TPSA) is 56.2 Å². The van der Waals surface area contributed by atoms with Gasteiger partial charge in [0.15, 0.2) is 5.16 Å². The molecular formula is C21H23N3O2S. The van der Waals surface area contributed by atoms with Gasteiger partial charge in [0.05, 0.1) is 12.7 Å². The van der Waals surface area contributed by atoms with E-state index in [2.05, 4.69) is 10.3 Å². The lowest BCUT2D eigenvalue weighted by molar-refractivity contribution is 0.0657. The highest BCUT2D eigenvalue weighted by Gasteiger charge is 2.10. The molecule has 0 unspecified atom stereocenters. The van der Waals surface area contributed by atoms with Crippen LogP contribution in [0.1, 0.15) is 29.8 Å². The zero-order valence-corrected chi connectivity index (χ0v) is 16.5. The van der Waals surface area contributed by atoms with Gasteiger partial charge < -0.3 is 10.1 Å². The summed E-state index contributed by atoms with van der Waals surface area (Å²) in [6.45, 7) is 4.53. The van der Waals surface area contributed by atoms with Gasteiger partial charge in [-0.05, 0) is 56.0 Å². The van der Waals surface area contributed by atoms with Crippen LogP contribution in [0.2, 0.25) is 0 Å². The van der Waals surface area contributed by atoms with E-state index in [-0.39, 0.29) is 12.0 Å². The molecule has 0 spiro atoms. The molecule has 27 heavy (non-hydrogen) atoms. The Hall–Kier alpha value is -2.57. The van der Waals surface area contributed by atoms with E-state index in [1.807, 2.05) is 73.3 Å². The molecule has 0 aliphatic heterocycles. The highest BCUT2D eigenvalue weighted by atomic mass is 32.2. The van der Waals surface area contributed by atoms with Crippen LogP contribution in [-0.4, -0.2) is 27.8 Å². The Kier molecular flexibility index (Phi) is 6.32. The molecule has 0 saturated carbocycles. The summed E-state index contributed by atoms with van der Waals surface area (Å²) in [6.07, 6.45) is 5.79. The van der Waals surface area contributed by atoms with Gasteiger partial charge in [-0.25, -0.2) is 4.98 Å². The van der Waals surface area contributed by atoms with Gasteiger partial charge in [-0.1, -0.05) is 30.0 Å². The molecule has 0 saturated heterocycles.